The summed E-state index contributed by atoms with van der Waals surface area (Å²) in [5.41, 5.74) is -0.846. The average molecular weight is 351 g/mol. The number of imidazole rings is 1. The van der Waals surface area contributed by atoms with Crippen molar-refractivity contribution >= 4 is 11.6 Å². The van der Waals surface area contributed by atoms with E-state index in [1.807, 2.05) is 13.3 Å². The largest absolute Gasteiger partial charge is 0.488 e. The van der Waals surface area contributed by atoms with Gasteiger partial charge in [0.1, 0.15) is 6.33 Å². The monoisotopic (exact) mass is 351 g/mol. The van der Waals surface area contributed by atoms with Crippen LogP contribution in [0.3, 0.4) is 0 Å². The molecule has 1 radical (unpaired) electrons. The van der Waals surface area contributed by atoms with Gasteiger partial charge in [0.15, 0.2) is 11.3 Å². The molecule has 2 aromatic rings. The zero-order valence-corrected chi connectivity index (χ0v) is 13.9. The van der Waals surface area contributed by atoms with E-state index in [0.717, 1.165) is 21.9 Å². The quantitative estimate of drug-likeness (QED) is 0.547. The van der Waals surface area contributed by atoms with Crippen LogP contribution in [0.15, 0.2) is 11.1 Å². The van der Waals surface area contributed by atoms with Gasteiger partial charge in [0.25, 0.3) is 0 Å². The van der Waals surface area contributed by atoms with Gasteiger partial charge < -0.3 is 4.74 Å². The first-order valence-electron chi connectivity index (χ1n) is 5.85. The minimum atomic E-state index is -0.594. The van der Waals surface area contributed by atoms with E-state index in [1.54, 1.807) is 0 Å². The van der Waals surface area contributed by atoms with Crippen LogP contribution in [0.2, 0.25) is 0 Å². The molecule has 1 saturated carbocycles. The van der Waals surface area contributed by atoms with Crippen LogP contribution in [0.4, 0.5) is 0 Å². The molecule has 0 N–H and O–H groups in total. The number of hydrogen-bond donors (Lipinski definition) is 0. The van der Waals surface area contributed by atoms with Gasteiger partial charge in [-0.2, -0.15) is 11.1 Å². The molecule has 103 valence electrons. The molecule has 0 aliphatic heterocycles. The second-order valence-electron chi connectivity index (χ2n) is 4.73. The van der Waals surface area contributed by atoms with Crippen molar-refractivity contribution in [2.45, 2.75) is 25.4 Å². The zero-order valence-electron chi connectivity index (χ0n) is 11.1. The summed E-state index contributed by atoms with van der Waals surface area (Å²) in [5.74, 6) is -0.594. The fraction of sp³-hybridized carbons (Fsp3) is 0.455. The standard InChI is InChI=1S/C11H12N5O3.Y/c1-11(4-3-5-11)19-9(17)7-8-13-14-15(2)10(18)16(8)6-12-7;/h4,6H,3,5H2,1-2H3;/q-1;. The van der Waals surface area contributed by atoms with Crippen molar-refractivity contribution in [2.75, 3.05) is 0 Å². The molecule has 0 aromatic carbocycles. The van der Waals surface area contributed by atoms with Gasteiger partial charge in [0.2, 0.25) is 0 Å². The number of hydrogen-bond acceptors (Lipinski definition) is 6. The Morgan fingerprint density at radius 3 is 2.85 bits per heavy atom. The molecule has 1 aliphatic carbocycles. The Bertz CT molecular complexity index is 718. The number of aryl methyl sites for hydroxylation is 1. The van der Waals surface area contributed by atoms with E-state index >= 15 is 0 Å². The molecule has 2 heterocycles. The van der Waals surface area contributed by atoms with E-state index in [-0.39, 0.29) is 44.1 Å². The minimum Gasteiger partial charge on any atom is -0.488 e. The second-order valence-corrected chi connectivity index (χ2v) is 4.73. The summed E-state index contributed by atoms with van der Waals surface area (Å²) < 4.78 is 7.57. The van der Waals surface area contributed by atoms with Crippen LogP contribution in [0.5, 0.6) is 0 Å². The number of rotatable bonds is 2. The molecule has 1 atom stereocenters. The first-order chi connectivity index (χ1) is 9.00. The van der Waals surface area contributed by atoms with E-state index in [4.69, 9.17) is 4.74 Å². The van der Waals surface area contributed by atoms with Crippen LogP contribution in [0.25, 0.3) is 5.65 Å². The fourth-order valence-electron chi connectivity index (χ4n) is 1.93. The number of fused-ring (bicyclic) bond motifs is 1. The third-order valence-electron chi connectivity index (χ3n) is 3.23. The summed E-state index contributed by atoms with van der Waals surface area (Å²) in [7, 11) is 1.47. The molecule has 0 spiro atoms. The van der Waals surface area contributed by atoms with Crippen molar-refractivity contribution < 1.29 is 42.2 Å². The van der Waals surface area contributed by atoms with E-state index in [2.05, 4.69) is 15.3 Å². The number of aromatic nitrogens is 5. The number of ether oxygens (including phenoxy) is 1. The molecule has 20 heavy (non-hydrogen) atoms. The summed E-state index contributed by atoms with van der Waals surface area (Å²) in [5, 5.41) is 7.43. The Kier molecular flexibility index (Phi) is 4.06. The SMILES string of the molecule is Cn1nnc2c(C(=O)OC3(C)[CH-]CC3)ncn2c1=O.[Y]. The number of nitrogens with zero attached hydrogens (tertiary/aromatic N) is 5. The van der Waals surface area contributed by atoms with Gasteiger partial charge in [-0.25, -0.2) is 19.0 Å². The van der Waals surface area contributed by atoms with E-state index in [1.165, 1.54) is 13.4 Å². The van der Waals surface area contributed by atoms with Crippen LogP contribution in [0, 0.1) is 6.42 Å². The Hall–Kier alpha value is -1.15. The molecule has 1 unspecified atom stereocenters. The predicted molar refractivity (Wildman–Crippen MR) is 63.4 cm³/mol. The number of carbonyl (C=O) groups is 1. The molecule has 0 saturated heterocycles. The molecule has 2 aromatic heterocycles. The van der Waals surface area contributed by atoms with Gasteiger partial charge in [-0.1, -0.05) is 18.6 Å². The zero-order chi connectivity index (χ0) is 13.6. The maximum atomic E-state index is 12.0. The summed E-state index contributed by atoms with van der Waals surface area (Å²) in [4.78, 5) is 27.7. The van der Waals surface area contributed by atoms with Crippen molar-refractivity contribution in [3.63, 3.8) is 0 Å². The van der Waals surface area contributed by atoms with Crippen LogP contribution in [-0.2, 0) is 44.5 Å². The maximum Gasteiger partial charge on any atom is 0.358 e. The topological polar surface area (TPSA) is 91.4 Å². The van der Waals surface area contributed by atoms with Crippen molar-refractivity contribution in [3.05, 3.63) is 28.9 Å². The summed E-state index contributed by atoms with van der Waals surface area (Å²) in [6.07, 6.45) is 4.88. The summed E-state index contributed by atoms with van der Waals surface area (Å²) >= 11 is 0. The first-order valence-corrected chi connectivity index (χ1v) is 5.85. The van der Waals surface area contributed by atoms with Crippen LogP contribution < -0.4 is 5.69 Å². The summed E-state index contributed by atoms with van der Waals surface area (Å²) in [6, 6.07) is 0. The van der Waals surface area contributed by atoms with Gasteiger partial charge in [-0.15, -0.1) is 5.10 Å². The minimum absolute atomic E-state index is 0. The Morgan fingerprint density at radius 2 is 2.25 bits per heavy atom. The molecule has 0 amide bonds. The van der Waals surface area contributed by atoms with E-state index in [0.29, 0.717) is 0 Å². The number of esters is 1. The Morgan fingerprint density at radius 1 is 1.55 bits per heavy atom. The average Bonchev–Trinajstić information content (AvgIpc) is 2.76. The molecule has 3 rings (SSSR count). The maximum absolute atomic E-state index is 12.0. The predicted octanol–water partition coefficient (Wildman–Crippen LogP) is -0.266. The fourth-order valence-corrected chi connectivity index (χ4v) is 1.93. The Balaban J connectivity index is 0.00000147. The molecule has 8 nitrogen and oxygen atoms in total. The third-order valence-corrected chi connectivity index (χ3v) is 3.23. The molecule has 9 heteroatoms. The molecule has 1 fully saturated rings. The summed E-state index contributed by atoms with van der Waals surface area (Å²) in [6.45, 7) is 1.83. The smallest absolute Gasteiger partial charge is 0.358 e. The van der Waals surface area contributed by atoms with Crippen molar-refractivity contribution in [1.29, 1.82) is 0 Å². The van der Waals surface area contributed by atoms with Crippen molar-refractivity contribution in [1.82, 2.24) is 24.4 Å². The van der Waals surface area contributed by atoms with E-state index in [9.17, 15) is 9.59 Å². The van der Waals surface area contributed by atoms with Crippen molar-refractivity contribution in [2.24, 2.45) is 7.05 Å². The van der Waals surface area contributed by atoms with Gasteiger partial charge >= 0.3 is 11.7 Å². The van der Waals surface area contributed by atoms with Crippen LogP contribution >= 0.6 is 0 Å². The molecular formula is C11H12N5O3Y-. The number of carbonyl (C=O) groups excluding carboxylic acids is 1. The van der Waals surface area contributed by atoms with Crippen LogP contribution in [0.1, 0.15) is 30.3 Å². The third kappa shape index (κ3) is 2.42. The second kappa shape index (κ2) is 5.33. The van der Waals surface area contributed by atoms with Gasteiger partial charge in [0.05, 0.1) is 0 Å². The molecule has 0 bridgehead atoms. The van der Waals surface area contributed by atoms with E-state index < -0.39 is 17.3 Å². The molecule has 1 aliphatic rings. The first kappa shape index (κ1) is 15.2. The Labute approximate surface area is 139 Å². The van der Waals surface area contributed by atoms with Crippen LogP contribution in [-0.4, -0.2) is 35.9 Å². The molecular weight excluding hydrogens is 339 g/mol. The van der Waals surface area contributed by atoms with Gasteiger partial charge in [-0.3, -0.25) is 6.42 Å². The van der Waals surface area contributed by atoms with Crippen molar-refractivity contribution in [3.8, 4) is 0 Å². The normalized spacial score (nSPS) is 21.1. The van der Waals surface area contributed by atoms with Gasteiger partial charge in [-0.05, 0) is 5.60 Å². The van der Waals surface area contributed by atoms with Gasteiger partial charge in [0, 0.05) is 39.8 Å².